The summed E-state index contributed by atoms with van der Waals surface area (Å²) in [7, 11) is 0. The van der Waals surface area contributed by atoms with Gasteiger partial charge < -0.3 is 18.4 Å². The molecule has 0 bridgehead atoms. The highest BCUT2D eigenvalue weighted by Crippen LogP contribution is 2.40. The molecule has 0 radical (unpaired) electrons. The summed E-state index contributed by atoms with van der Waals surface area (Å²) in [5.74, 6) is 1.64. The Balaban J connectivity index is 0.976. The molecule has 4 nitrogen and oxygen atoms in total. The molecule has 272 valence electrons. The molecule has 0 spiro atoms. The summed E-state index contributed by atoms with van der Waals surface area (Å²) < 4.78 is 13.3. The molecule has 12 aromatic rings. The quantitative estimate of drug-likeness (QED) is 0.166. The van der Waals surface area contributed by atoms with Crippen molar-refractivity contribution >= 4 is 65.4 Å². The average molecular weight is 742 g/mol. The SMILES string of the molecule is c1ccc(Oc2ccc(-n3c4ccccc4c4cc(-c5ccc6c(c5)c5ccccc5n6-c5ccc6c(c5)c5ccccc5n6-c5ccccc5)ccc43)cc2)cc1. The normalized spacial score (nSPS) is 11.8. The van der Waals surface area contributed by atoms with Crippen LogP contribution in [0.25, 0.3) is 93.6 Å². The van der Waals surface area contributed by atoms with E-state index < -0.39 is 0 Å². The van der Waals surface area contributed by atoms with Gasteiger partial charge >= 0.3 is 0 Å². The topological polar surface area (TPSA) is 24.0 Å². The van der Waals surface area contributed by atoms with Gasteiger partial charge in [-0.25, -0.2) is 0 Å². The summed E-state index contributed by atoms with van der Waals surface area (Å²) in [5, 5.41) is 7.41. The minimum Gasteiger partial charge on any atom is -0.457 e. The number of fused-ring (bicyclic) bond motifs is 9. The van der Waals surface area contributed by atoms with Crippen LogP contribution in [0.15, 0.2) is 212 Å². The molecule has 12 rings (SSSR count). The second-order valence-corrected chi connectivity index (χ2v) is 15.0. The number of hydrogen-bond donors (Lipinski definition) is 0. The summed E-state index contributed by atoms with van der Waals surface area (Å²) in [6.07, 6.45) is 0. The maximum absolute atomic E-state index is 6.11. The molecule has 3 aromatic heterocycles. The minimum absolute atomic E-state index is 0.811. The van der Waals surface area contributed by atoms with Crippen molar-refractivity contribution in [1.82, 2.24) is 13.7 Å². The fraction of sp³-hybridized carbons (Fsp3) is 0. The zero-order valence-electron chi connectivity index (χ0n) is 31.5. The Morgan fingerprint density at radius 2 is 0.603 bits per heavy atom. The Labute approximate surface area is 334 Å². The molecule has 9 aromatic carbocycles. The monoisotopic (exact) mass is 741 g/mol. The van der Waals surface area contributed by atoms with Crippen molar-refractivity contribution in [3.8, 4) is 39.7 Å². The van der Waals surface area contributed by atoms with Crippen LogP contribution in [0.5, 0.6) is 11.5 Å². The third kappa shape index (κ3) is 5.02. The van der Waals surface area contributed by atoms with E-state index in [0.717, 1.165) is 28.6 Å². The molecule has 0 aliphatic heterocycles. The van der Waals surface area contributed by atoms with Crippen LogP contribution in [0, 0.1) is 0 Å². The Morgan fingerprint density at radius 1 is 0.241 bits per heavy atom. The Kier molecular flexibility index (Phi) is 7.20. The van der Waals surface area contributed by atoms with E-state index in [1.54, 1.807) is 0 Å². The van der Waals surface area contributed by atoms with Gasteiger partial charge in [0.25, 0.3) is 0 Å². The molecule has 0 N–H and O–H groups in total. The highest BCUT2D eigenvalue weighted by Gasteiger charge is 2.18. The van der Waals surface area contributed by atoms with E-state index in [1.165, 1.54) is 76.5 Å². The first-order valence-electron chi connectivity index (χ1n) is 19.8. The number of para-hydroxylation sites is 5. The van der Waals surface area contributed by atoms with Gasteiger partial charge in [-0.1, -0.05) is 103 Å². The second kappa shape index (κ2) is 12.9. The molecule has 0 saturated carbocycles. The summed E-state index contributed by atoms with van der Waals surface area (Å²) in [5.41, 5.74) is 12.9. The molecule has 0 unspecified atom stereocenters. The number of rotatable bonds is 6. The molecule has 0 saturated heterocycles. The van der Waals surface area contributed by atoms with Gasteiger partial charge in [0.15, 0.2) is 0 Å². The van der Waals surface area contributed by atoms with Crippen molar-refractivity contribution in [3.63, 3.8) is 0 Å². The molecular formula is C54H35N3O. The van der Waals surface area contributed by atoms with Crippen molar-refractivity contribution in [2.75, 3.05) is 0 Å². The van der Waals surface area contributed by atoms with Crippen molar-refractivity contribution in [2.24, 2.45) is 0 Å². The molecule has 58 heavy (non-hydrogen) atoms. The third-order valence-electron chi connectivity index (χ3n) is 11.7. The lowest BCUT2D eigenvalue weighted by Crippen LogP contribution is -1.95. The van der Waals surface area contributed by atoms with Gasteiger partial charge in [0.2, 0.25) is 0 Å². The summed E-state index contributed by atoms with van der Waals surface area (Å²) in [6, 6.07) is 75.9. The predicted molar refractivity (Wildman–Crippen MR) is 241 cm³/mol. The van der Waals surface area contributed by atoms with Crippen molar-refractivity contribution in [1.29, 1.82) is 0 Å². The Bertz CT molecular complexity index is 3520. The molecule has 0 amide bonds. The van der Waals surface area contributed by atoms with Crippen LogP contribution < -0.4 is 4.74 Å². The van der Waals surface area contributed by atoms with E-state index in [0.29, 0.717) is 0 Å². The van der Waals surface area contributed by atoms with Gasteiger partial charge in [-0.2, -0.15) is 0 Å². The number of ether oxygens (including phenoxy) is 1. The zero-order valence-corrected chi connectivity index (χ0v) is 31.5. The van der Waals surface area contributed by atoms with Gasteiger partial charge in [0, 0.05) is 49.4 Å². The van der Waals surface area contributed by atoms with Crippen LogP contribution in [0.4, 0.5) is 0 Å². The van der Waals surface area contributed by atoms with Crippen LogP contribution in [-0.4, -0.2) is 13.7 Å². The molecule has 0 aliphatic carbocycles. The first-order chi connectivity index (χ1) is 28.8. The van der Waals surface area contributed by atoms with Gasteiger partial charge in [0.05, 0.1) is 33.1 Å². The number of hydrogen-bond acceptors (Lipinski definition) is 1. The first kappa shape index (κ1) is 32.4. The van der Waals surface area contributed by atoms with E-state index in [9.17, 15) is 0 Å². The first-order valence-corrected chi connectivity index (χ1v) is 19.8. The number of benzene rings is 9. The van der Waals surface area contributed by atoms with Crippen LogP contribution >= 0.6 is 0 Å². The lowest BCUT2D eigenvalue weighted by Gasteiger charge is -2.11. The standard InChI is InChI=1S/C54H35N3O/c1-3-13-38(14-4-1)55-50-21-11-9-19-45(50)48-35-40(27-32-54(48)55)57-51-22-12-8-18-44(51)47-34-37(24-31-53(47)57)36-23-30-52-46(33-36)43-17-7-10-20-49(43)56(52)39-25-28-42(29-26-39)58-41-15-5-2-6-16-41/h1-35H. The van der Waals surface area contributed by atoms with E-state index in [1.807, 2.05) is 42.5 Å². The maximum atomic E-state index is 6.11. The summed E-state index contributed by atoms with van der Waals surface area (Å²) in [6.45, 7) is 0. The van der Waals surface area contributed by atoms with Crippen LogP contribution in [0.2, 0.25) is 0 Å². The fourth-order valence-corrected chi connectivity index (χ4v) is 9.10. The Morgan fingerprint density at radius 3 is 1.14 bits per heavy atom. The molecule has 0 aliphatic rings. The highest BCUT2D eigenvalue weighted by molar-refractivity contribution is 6.14. The van der Waals surface area contributed by atoms with E-state index >= 15 is 0 Å². The predicted octanol–water partition coefficient (Wildman–Crippen LogP) is 14.4. The number of aromatic nitrogens is 3. The molecular weight excluding hydrogens is 707 g/mol. The maximum Gasteiger partial charge on any atom is 0.127 e. The lowest BCUT2D eigenvalue weighted by atomic mass is 10.0. The van der Waals surface area contributed by atoms with Gasteiger partial charge in [0.1, 0.15) is 11.5 Å². The average Bonchev–Trinajstić information content (AvgIpc) is 3.92. The Hall–Kier alpha value is -7.82. The smallest absolute Gasteiger partial charge is 0.127 e. The molecule has 3 heterocycles. The van der Waals surface area contributed by atoms with E-state index in [4.69, 9.17) is 4.74 Å². The molecule has 0 atom stereocenters. The van der Waals surface area contributed by atoms with Crippen LogP contribution in [0.3, 0.4) is 0 Å². The summed E-state index contributed by atoms with van der Waals surface area (Å²) >= 11 is 0. The van der Waals surface area contributed by atoms with Crippen molar-refractivity contribution < 1.29 is 4.74 Å². The number of nitrogens with zero attached hydrogens (tertiary/aromatic N) is 3. The highest BCUT2D eigenvalue weighted by atomic mass is 16.5. The summed E-state index contributed by atoms with van der Waals surface area (Å²) in [4.78, 5) is 0. The fourth-order valence-electron chi connectivity index (χ4n) is 9.10. The van der Waals surface area contributed by atoms with Gasteiger partial charge in [-0.05, 0) is 120 Å². The minimum atomic E-state index is 0.811. The van der Waals surface area contributed by atoms with Crippen molar-refractivity contribution in [2.45, 2.75) is 0 Å². The molecule has 0 fully saturated rings. The zero-order chi connectivity index (χ0) is 38.2. The van der Waals surface area contributed by atoms with Gasteiger partial charge in [-0.3, -0.25) is 0 Å². The van der Waals surface area contributed by atoms with Gasteiger partial charge in [-0.15, -0.1) is 0 Å². The third-order valence-corrected chi connectivity index (χ3v) is 11.7. The second-order valence-electron chi connectivity index (χ2n) is 15.0. The van der Waals surface area contributed by atoms with E-state index in [-0.39, 0.29) is 0 Å². The van der Waals surface area contributed by atoms with Crippen molar-refractivity contribution in [3.05, 3.63) is 212 Å². The lowest BCUT2D eigenvalue weighted by molar-refractivity contribution is 0.482. The van der Waals surface area contributed by atoms with E-state index in [2.05, 4.69) is 184 Å². The molecule has 4 heteroatoms. The van der Waals surface area contributed by atoms with Crippen LogP contribution in [-0.2, 0) is 0 Å². The van der Waals surface area contributed by atoms with Crippen LogP contribution in [0.1, 0.15) is 0 Å². The largest absolute Gasteiger partial charge is 0.457 e.